The quantitative estimate of drug-likeness (QED) is 0.570. The molecule has 4 heteroatoms. The van der Waals surface area contributed by atoms with Crippen LogP contribution < -0.4 is 11.1 Å². The summed E-state index contributed by atoms with van der Waals surface area (Å²) in [5.74, 6) is -0.385. The Balaban J connectivity index is 2.39. The van der Waals surface area contributed by atoms with Gasteiger partial charge in [0.2, 0.25) is 0 Å². The number of allylic oxidation sites excluding steroid dienone is 1. The Kier molecular flexibility index (Phi) is 3.31. The number of carbonyl (C=O) groups is 1. The fourth-order valence-corrected chi connectivity index (χ4v) is 1.01. The highest BCUT2D eigenvalue weighted by Crippen LogP contribution is 2.18. The Morgan fingerprint density at radius 2 is 2.38 bits per heavy atom. The van der Waals surface area contributed by atoms with Gasteiger partial charge in [0.1, 0.15) is 0 Å². The SMILES string of the molecule is CC/C=C(/N)C(O)C(=O)NC1CC1. The zero-order valence-corrected chi connectivity index (χ0v) is 7.79. The van der Waals surface area contributed by atoms with Crippen LogP contribution in [-0.4, -0.2) is 23.2 Å². The predicted molar refractivity (Wildman–Crippen MR) is 49.7 cm³/mol. The lowest BCUT2D eigenvalue weighted by molar-refractivity contribution is -0.127. The second kappa shape index (κ2) is 4.28. The second-order valence-electron chi connectivity index (χ2n) is 3.30. The maximum atomic E-state index is 11.2. The molecule has 74 valence electrons. The summed E-state index contributed by atoms with van der Waals surface area (Å²) >= 11 is 0. The highest BCUT2D eigenvalue weighted by molar-refractivity contribution is 5.83. The highest BCUT2D eigenvalue weighted by Gasteiger charge is 2.27. The molecule has 1 aliphatic rings. The van der Waals surface area contributed by atoms with Crippen LogP contribution in [0.25, 0.3) is 0 Å². The summed E-state index contributed by atoms with van der Waals surface area (Å²) in [5.41, 5.74) is 5.71. The largest absolute Gasteiger partial charge is 0.400 e. The van der Waals surface area contributed by atoms with Crippen molar-refractivity contribution in [1.29, 1.82) is 0 Å². The molecule has 0 heterocycles. The van der Waals surface area contributed by atoms with Crippen LogP contribution in [0.15, 0.2) is 11.8 Å². The smallest absolute Gasteiger partial charge is 0.255 e. The van der Waals surface area contributed by atoms with E-state index in [2.05, 4.69) is 5.32 Å². The van der Waals surface area contributed by atoms with Gasteiger partial charge in [-0.3, -0.25) is 4.79 Å². The summed E-state index contributed by atoms with van der Waals surface area (Å²) in [6.45, 7) is 1.90. The maximum absolute atomic E-state index is 11.2. The van der Waals surface area contributed by atoms with Crippen molar-refractivity contribution >= 4 is 5.91 Å². The van der Waals surface area contributed by atoms with E-state index in [1.165, 1.54) is 0 Å². The van der Waals surface area contributed by atoms with Crippen LogP contribution in [0.3, 0.4) is 0 Å². The Morgan fingerprint density at radius 3 is 2.85 bits per heavy atom. The van der Waals surface area contributed by atoms with Crippen LogP contribution in [0.4, 0.5) is 0 Å². The van der Waals surface area contributed by atoms with Crippen molar-refractivity contribution in [2.45, 2.75) is 38.3 Å². The van der Waals surface area contributed by atoms with E-state index in [-0.39, 0.29) is 17.6 Å². The minimum atomic E-state index is -1.18. The first-order chi connectivity index (χ1) is 6.15. The molecule has 4 nitrogen and oxygen atoms in total. The van der Waals surface area contributed by atoms with Crippen molar-refractivity contribution in [2.75, 3.05) is 0 Å². The summed E-state index contributed by atoms with van der Waals surface area (Å²) in [6.07, 6.45) is 3.21. The molecular weight excluding hydrogens is 168 g/mol. The van der Waals surface area contributed by atoms with Gasteiger partial charge in [0.05, 0.1) is 0 Å². The van der Waals surface area contributed by atoms with E-state index in [1.54, 1.807) is 6.08 Å². The molecular formula is C9H16N2O2. The number of hydrogen-bond donors (Lipinski definition) is 3. The predicted octanol–water partition coefficient (Wildman–Crippen LogP) is -0.122. The molecule has 0 aromatic heterocycles. The number of hydrogen-bond acceptors (Lipinski definition) is 3. The zero-order chi connectivity index (χ0) is 9.84. The van der Waals surface area contributed by atoms with Gasteiger partial charge in [-0.25, -0.2) is 0 Å². The Labute approximate surface area is 77.8 Å². The van der Waals surface area contributed by atoms with E-state index < -0.39 is 6.10 Å². The fourth-order valence-electron chi connectivity index (χ4n) is 1.01. The second-order valence-corrected chi connectivity index (χ2v) is 3.30. The lowest BCUT2D eigenvalue weighted by Crippen LogP contribution is -2.38. The molecule has 0 aromatic rings. The summed E-state index contributed by atoms with van der Waals surface area (Å²) in [4.78, 5) is 11.2. The molecule has 1 unspecified atom stereocenters. The first-order valence-electron chi connectivity index (χ1n) is 4.59. The minimum Gasteiger partial charge on any atom is -0.400 e. The first-order valence-corrected chi connectivity index (χ1v) is 4.59. The molecule has 1 amide bonds. The van der Waals surface area contributed by atoms with E-state index >= 15 is 0 Å². The fraction of sp³-hybridized carbons (Fsp3) is 0.667. The topological polar surface area (TPSA) is 75.3 Å². The monoisotopic (exact) mass is 184 g/mol. The Bertz CT molecular complexity index is 222. The van der Waals surface area contributed by atoms with Gasteiger partial charge >= 0.3 is 0 Å². The van der Waals surface area contributed by atoms with Gasteiger partial charge in [-0.2, -0.15) is 0 Å². The molecule has 1 fully saturated rings. The molecule has 1 rings (SSSR count). The molecule has 1 atom stereocenters. The van der Waals surface area contributed by atoms with Gasteiger partial charge in [0.25, 0.3) is 5.91 Å². The molecule has 0 radical (unpaired) electrons. The molecule has 0 bridgehead atoms. The number of aliphatic hydroxyl groups excluding tert-OH is 1. The summed E-state index contributed by atoms with van der Waals surface area (Å²) in [5, 5.41) is 12.1. The van der Waals surface area contributed by atoms with Gasteiger partial charge in [-0.15, -0.1) is 0 Å². The molecule has 1 aliphatic carbocycles. The number of amides is 1. The average Bonchev–Trinajstić information content (AvgIpc) is 2.87. The van der Waals surface area contributed by atoms with Crippen LogP contribution in [0, 0.1) is 0 Å². The number of rotatable bonds is 4. The average molecular weight is 184 g/mol. The van der Waals surface area contributed by atoms with Crippen LogP contribution in [0.5, 0.6) is 0 Å². The van der Waals surface area contributed by atoms with E-state index in [0.29, 0.717) is 0 Å². The van der Waals surface area contributed by atoms with E-state index in [4.69, 9.17) is 5.73 Å². The standard InChI is InChI=1S/C9H16N2O2/c1-2-3-7(10)8(12)9(13)11-6-4-5-6/h3,6,8,12H,2,4-5,10H2,1H3,(H,11,13)/b7-3+. The van der Waals surface area contributed by atoms with Gasteiger partial charge < -0.3 is 16.2 Å². The van der Waals surface area contributed by atoms with Crippen LogP contribution in [-0.2, 0) is 4.79 Å². The van der Waals surface area contributed by atoms with Crippen molar-refractivity contribution in [3.63, 3.8) is 0 Å². The number of aliphatic hydroxyl groups is 1. The van der Waals surface area contributed by atoms with Crippen LogP contribution in [0.2, 0.25) is 0 Å². The van der Waals surface area contributed by atoms with Crippen molar-refractivity contribution in [3.05, 3.63) is 11.8 Å². The van der Waals surface area contributed by atoms with Crippen molar-refractivity contribution in [2.24, 2.45) is 5.73 Å². The number of nitrogens with one attached hydrogen (secondary N) is 1. The van der Waals surface area contributed by atoms with Gasteiger partial charge in [0, 0.05) is 11.7 Å². The summed E-state index contributed by atoms with van der Waals surface area (Å²) in [7, 11) is 0. The summed E-state index contributed by atoms with van der Waals surface area (Å²) in [6, 6.07) is 0.261. The molecule has 1 saturated carbocycles. The third-order valence-electron chi connectivity index (χ3n) is 1.93. The Hall–Kier alpha value is -1.03. The zero-order valence-electron chi connectivity index (χ0n) is 7.79. The van der Waals surface area contributed by atoms with E-state index in [9.17, 15) is 9.90 Å². The van der Waals surface area contributed by atoms with Crippen molar-refractivity contribution in [1.82, 2.24) is 5.32 Å². The Morgan fingerprint density at radius 1 is 1.77 bits per heavy atom. The van der Waals surface area contributed by atoms with Gasteiger partial charge in [0.15, 0.2) is 6.10 Å². The molecule has 4 N–H and O–H groups in total. The van der Waals surface area contributed by atoms with Crippen molar-refractivity contribution < 1.29 is 9.90 Å². The molecule has 0 aromatic carbocycles. The summed E-state index contributed by atoms with van der Waals surface area (Å²) < 4.78 is 0. The third kappa shape index (κ3) is 3.06. The van der Waals surface area contributed by atoms with Crippen LogP contribution in [0.1, 0.15) is 26.2 Å². The molecule has 0 spiro atoms. The third-order valence-corrected chi connectivity index (χ3v) is 1.93. The normalized spacial score (nSPS) is 19.7. The minimum absolute atomic E-state index is 0.237. The number of nitrogens with two attached hydrogens (primary N) is 1. The molecule has 0 aliphatic heterocycles. The molecule has 13 heavy (non-hydrogen) atoms. The van der Waals surface area contributed by atoms with Gasteiger partial charge in [-0.1, -0.05) is 13.0 Å². The molecule has 0 saturated heterocycles. The number of carbonyl (C=O) groups excluding carboxylic acids is 1. The van der Waals surface area contributed by atoms with Gasteiger partial charge in [-0.05, 0) is 19.3 Å². The lowest BCUT2D eigenvalue weighted by Gasteiger charge is -2.10. The van der Waals surface area contributed by atoms with Crippen LogP contribution >= 0.6 is 0 Å². The van der Waals surface area contributed by atoms with E-state index in [0.717, 1.165) is 19.3 Å². The highest BCUT2D eigenvalue weighted by atomic mass is 16.3. The van der Waals surface area contributed by atoms with Crippen molar-refractivity contribution in [3.8, 4) is 0 Å². The lowest BCUT2D eigenvalue weighted by atomic mass is 10.2. The van der Waals surface area contributed by atoms with E-state index in [1.807, 2.05) is 6.92 Å². The first kappa shape index (κ1) is 10.1. The maximum Gasteiger partial charge on any atom is 0.255 e.